The maximum atomic E-state index is 6.18. The normalized spacial score (nSPS) is 22.2. The van der Waals surface area contributed by atoms with Crippen LogP contribution in [0.5, 0.6) is 0 Å². The summed E-state index contributed by atoms with van der Waals surface area (Å²) in [6.45, 7) is 6.15. The van der Waals surface area contributed by atoms with Crippen LogP contribution in [-0.2, 0) is 4.74 Å². The molecule has 16 heavy (non-hydrogen) atoms. The average Bonchev–Trinajstić information content (AvgIpc) is 2.30. The summed E-state index contributed by atoms with van der Waals surface area (Å²) in [5.41, 5.74) is 1.12. The predicted molar refractivity (Wildman–Crippen MR) is 66.9 cm³/mol. The van der Waals surface area contributed by atoms with Crippen molar-refractivity contribution in [3.05, 3.63) is 34.9 Å². The van der Waals surface area contributed by atoms with Gasteiger partial charge in [0.15, 0.2) is 0 Å². The number of nitrogens with zero attached hydrogens (tertiary/aromatic N) is 1. The monoisotopic (exact) mass is 239 g/mol. The molecule has 1 heterocycles. The fourth-order valence-corrected chi connectivity index (χ4v) is 2.40. The van der Waals surface area contributed by atoms with E-state index in [4.69, 9.17) is 16.3 Å². The molecule has 0 saturated carbocycles. The molecule has 3 heteroatoms. The van der Waals surface area contributed by atoms with Crippen LogP contribution in [0.4, 0.5) is 0 Å². The molecule has 0 N–H and O–H groups in total. The number of hydrogen-bond acceptors (Lipinski definition) is 2. The summed E-state index contributed by atoms with van der Waals surface area (Å²) in [5, 5.41) is 0.811. The average molecular weight is 240 g/mol. The maximum Gasteiger partial charge on any atom is 0.0966 e. The summed E-state index contributed by atoms with van der Waals surface area (Å²) in [4.78, 5) is 2.44. The molecule has 0 aromatic heterocycles. The lowest BCUT2D eigenvalue weighted by Gasteiger charge is -2.33. The smallest absolute Gasteiger partial charge is 0.0966 e. The van der Waals surface area contributed by atoms with Gasteiger partial charge in [-0.15, -0.1) is 0 Å². The van der Waals surface area contributed by atoms with E-state index >= 15 is 0 Å². The first kappa shape index (κ1) is 11.9. The largest absolute Gasteiger partial charge is 0.371 e. The lowest BCUT2D eigenvalue weighted by Crippen LogP contribution is -2.38. The summed E-state index contributed by atoms with van der Waals surface area (Å²) in [5.74, 6) is 0. The predicted octanol–water partition coefficient (Wildman–Crippen LogP) is 3.12. The van der Waals surface area contributed by atoms with E-state index in [2.05, 4.69) is 17.9 Å². The Bertz CT molecular complexity index is 340. The van der Waals surface area contributed by atoms with Crippen molar-refractivity contribution in [2.75, 3.05) is 26.2 Å². The van der Waals surface area contributed by atoms with Gasteiger partial charge in [-0.25, -0.2) is 0 Å². The molecule has 1 aromatic carbocycles. The molecule has 1 atom stereocenters. The third kappa shape index (κ3) is 2.76. The molecule has 1 saturated heterocycles. The second kappa shape index (κ2) is 5.67. The van der Waals surface area contributed by atoms with Crippen LogP contribution in [-0.4, -0.2) is 31.1 Å². The molecular formula is C13H18ClNO. The molecule has 0 bridgehead atoms. The molecule has 0 radical (unpaired) electrons. The number of morpholine rings is 1. The van der Waals surface area contributed by atoms with Crippen molar-refractivity contribution in [2.45, 2.75) is 19.4 Å². The van der Waals surface area contributed by atoms with Crippen LogP contribution in [0.2, 0.25) is 5.02 Å². The summed E-state index contributed by atoms with van der Waals surface area (Å²) in [7, 11) is 0. The van der Waals surface area contributed by atoms with Crippen LogP contribution in [0.15, 0.2) is 24.3 Å². The van der Waals surface area contributed by atoms with E-state index in [9.17, 15) is 0 Å². The zero-order valence-electron chi connectivity index (χ0n) is 9.66. The zero-order chi connectivity index (χ0) is 11.4. The molecule has 1 fully saturated rings. The van der Waals surface area contributed by atoms with Gasteiger partial charge in [0.05, 0.1) is 12.7 Å². The van der Waals surface area contributed by atoms with E-state index in [-0.39, 0.29) is 6.10 Å². The second-order valence-corrected chi connectivity index (χ2v) is 4.59. The number of rotatable bonds is 3. The van der Waals surface area contributed by atoms with Gasteiger partial charge in [-0.2, -0.15) is 0 Å². The Balaban J connectivity index is 2.07. The Morgan fingerprint density at radius 2 is 2.25 bits per heavy atom. The lowest BCUT2D eigenvalue weighted by molar-refractivity contribution is -0.0298. The Morgan fingerprint density at radius 1 is 1.44 bits per heavy atom. The van der Waals surface area contributed by atoms with Crippen LogP contribution >= 0.6 is 11.6 Å². The van der Waals surface area contributed by atoms with Gasteiger partial charge in [0.25, 0.3) is 0 Å². The Morgan fingerprint density at radius 3 is 3.00 bits per heavy atom. The summed E-state index contributed by atoms with van der Waals surface area (Å²) < 4.78 is 5.80. The molecule has 2 rings (SSSR count). The molecule has 1 aliphatic heterocycles. The third-order valence-electron chi connectivity index (χ3n) is 2.94. The van der Waals surface area contributed by atoms with Crippen LogP contribution in [0, 0.1) is 0 Å². The van der Waals surface area contributed by atoms with Crippen molar-refractivity contribution in [1.82, 2.24) is 4.90 Å². The standard InChI is InChI=1S/C13H18ClNO/c1-2-7-15-8-9-16-13(10-15)11-5-3-4-6-12(11)14/h3-6,13H,2,7-10H2,1H3/t13-/m1/s1. The van der Waals surface area contributed by atoms with E-state index in [1.807, 2.05) is 18.2 Å². The van der Waals surface area contributed by atoms with Gasteiger partial charge in [-0.05, 0) is 19.0 Å². The van der Waals surface area contributed by atoms with Gasteiger partial charge < -0.3 is 4.74 Å². The molecule has 1 aromatic rings. The number of halogens is 1. The Labute approximate surface area is 102 Å². The van der Waals surface area contributed by atoms with E-state index in [0.29, 0.717) is 0 Å². The molecule has 88 valence electrons. The van der Waals surface area contributed by atoms with Crippen molar-refractivity contribution in [3.8, 4) is 0 Å². The Kier molecular flexibility index (Phi) is 4.22. The number of benzene rings is 1. The molecule has 0 spiro atoms. The van der Waals surface area contributed by atoms with Crippen molar-refractivity contribution in [3.63, 3.8) is 0 Å². The summed E-state index contributed by atoms with van der Waals surface area (Å²) in [6.07, 6.45) is 1.32. The Hall–Kier alpha value is -0.570. The molecule has 1 aliphatic rings. The van der Waals surface area contributed by atoms with Crippen LogP contribution < -0.4 is 0 Å². The maximum absolute atomic E-state index is 6.18. The summed E-state index contributed by atoms with van der Waals surface area (Å²) >= 11 is 6.18. The van der Waals surface area contributed by atoms with Gasteiger partial charge in [-0.3, -0.25) is 4.90 Å². The highest BCUT2D eigenvalue weighted by molar-refractivity contribution is 6.31. The van der Waals surface area contributed by atoms with E-state index < -0.39 is 0 Å². The van der Waals surface area contributed by atoms with Crippen LogP contribution in [0.1, 0.15) is 25.0 Å². The number of ether oxygens (including phenoxy) is 1. The third-order valence-corrected chi connectivity index (χ3v) is 3.29. The van der Waals surface area contributed by atoms with Gasteiger partial charge in [0.1, 0.15) is 0 Å². The molecule has 0 amide bonds. The first-order valence-corrected chi connectivity index (χ1v) is 6.27. The van der Waals surface area contributed by atoms with Crippen molar-refractivity contribution in [1.29, 1.82) is 0 Å². The zero-order valence-corrected chi connectivity index (χ0v) is 10.4. The molecular weight excluding hydrogens is 222 g/mol. The van der Waals surface area contributed by atoms with Crippen LogP contribution in [0.3, 0.4) is 0 Å². The fourth-order valence-electron chi connectivity index (χ4n) is 2.15. The minimum Gasteiger partial charge on any atom is -0.371 e. The first-order valence-electron chi connectivity index (χ1n) is 5.89. The van der Waals surface area contributed by atoms with E-state index in [1.54, 1.807) is 0 Å². The van der Waals surface area contributed by atoms with Gasteiger partial charge in [-0.1, -0.05) is 36.7 Å². The van der Waals surface area contributed by atoms with E-state index in [1.165, 1.54) is 6.42 Å². The fraction of sp³-hybridized carbons (Fsp3) is 0.538. The van der Waals surface area contributed by atoms with Crippen molar-refractivity contribution >= 4 is 11.6 Å². The minimum absolute atomic E-state index is 0.133. The minimum atomic E-state index is 0.133. The van der Waals surface area contributed by atoms with Crippen LogP contribution in [0.25, 0.3) is 0 Å². The molecule has 2 nitrogen and oxygen atoms in total. The molecule has 0 unspecified atom stereocenters. The molecule has 0 aliphatic carbocycles. The second-order valence-electron chi connectivity index (χ2n) is 4.18. The van der Waals surface area contributed by atoms with Gasteiger partial charge >= 0.3 is 0 Å². The van der Waals surface area contributed by atoms with Gasteiger partial charge in [0.2, 0.25) is 0 Å². The lowest BCUT2D eigenvalue weighted by atomic mass is 10.1. The highest BCUT2D eigenvalue weighted by Crippen LogP contribution is 2.28. The van der Waals surface area contributed by atoms with Crippen molar-refractivity contribution in [2.24, 2.45) is 0 Å². The topological polar surface area (TPSA) is 12.5 Å². The quantitative estimate of drug-likeness (QED) is 0.804. The SMILES string of the molecule is CCCN1CCO[C@@H](c2ccccc2Cl)C1. The number of hydrogen-bond donors (Lipinski definition) is 0. The highest BCUT2D eigenvalue weighted by atomic mass is 35.5. The van der Waals surface area contributed by atoms with Crippen molar-refractivity contribution < 1.29 is 4.74 Å². The van der Waals surface area contributed by atoms with Gasteiger partial charge in [0, 0.05) is 23.7 Å². The first-order chi connectivity index (χ1) is 7.81. The van der Waals surface area contributed by atoms with E-state index in [0.717, 1.165) is 36.8 Å². The summed E-state index contributed by atoms with van der Waals surface area (Å²) in [6, 6.07) is 7.96. The highest BCUT2D eigenvalue weighted by Gasteiger charge is 2.22.